The van der Waals surface area contributed by atoms with Crippen LogP contribution in [-0.2, 0) is 9.53 Å². The molecule has 0 aromatic heterocycles. The maximum absolute atomic E-state index is 12.2. The first kappa shape index (κ1) is 14.6. The van der Waals surface area contributed by atoms with Crippen LogP contribution in [0.3, 0.4) is 0 Å². The lowest BCUT2D eigenvalue weighted by molar-refractivity contribution is -0.126. The Hall–Kier alpha value is -1.79. The molecule has 1 fully saturated rings. The van der Waals surface area contributed by atoms with Gasteiger partial charge in [-0.3, -0.25) is 4.79 Å². The zero-order chi connectivity index (χ0) is 14.5. The normalized spacial score (nSPS) is 21.6. The highest BCUT2D eigenvalue weighted by Crippen LogP contribution is 2.30. The number of amides is 1. The van der Waals surface area contributed by atoms with Gasteiger partial charge in [0.15, 0.2) is 0 Å². The Morgan fingerprint density at radius 3 is 2.80 bits per heavy atom. The molecule has 1 aromatic carbocycles. The molecule has 1 amide bonds. The molecule has 1 heterocycles. The molecular weight excluding hydrogens is 260 g/mol. The lowest BCUT2D eigenvalue weighted by Gasteiger charge is -2.15. The predicted octanol–water partition coefficient (Wildman–Crippen LogP) is 1.15. The van der Waals surface area contributed by atoms with Crippen LogP contribution in [0.5, 0.6) is 11.5 Å². The van der Waals surface area contributed by atoms with E-state index in [4.69, 9.17) is 19.9 Å². The zero-order valence-corrected chi connectivity index (χ0v) is 11.7. The Morgan fingerprint density at radius 2 is 2.20 bits per heavy atom. The monoisotopic (exact) mass is 280 g/mol. The summed E-state index contributed by atoms with van der Waals surface area (Å²) in [6.45, 7) is 0.437. The quantitative estimate of drug-likeness (QED) is 0.845. The highest BCUT2D eigenvalue weighted by Gasteiger charge is 2.30. The Labute approximate surface area is 118 Å². The van der Waals surface area contributed by atoms with Crippen LogP contribution in [0.25, 0.3) is 0 Å². The minimum Gasteiger partial charge on any atom is -0.497 e. The molecule has 110 valence electrons. The number of carbonyl (C=O) groups excluding carboxylic acids is 1. The molecule has 0 spiro atoms. The Morgan fingerprint density at radius 1 is 1.40 bits per heavy atom. The number of nitrogens with two attached hydrogens (primary N) is 1. The third-order valence-corrected chi connectivity index (χ3v) is 3.33. The van der Waals surface area contributed by atoms with Gasteiger partial charge in [0.25, 0.3) is 5.91 Å². The molecule has 2 atom stereocenters. The number of rotatable bonds is 5. The van der Waals surface area contributed by atoms with Gasteiger partial charge in [0, 0.05) is 12.6 Å². The Bertz CT molecular complexity index is 478. The lowest BCUT2D eigenvalue weighted by Crippen LogP contribution is -2.29. The fourth-order valence-electron chi connectivity index (χ4n) is 2.20. The van der Waals surface area contributed by atoms with Gasteiger partial charge in [0.2, 0.25) is 0 Å². The van der Waals surface area contributed by atoms with E-state index in [0.29, 0.717) is 30.2 Å². The van der Waals surface area contributed by atoms with Crippen molar-refractivity contribution < 1.29 is 19.0 Å². The number of hydrogen-bond acceptors (Lipinski definition) is 5. The van der Waals surface area contributed by atoms with Crippen molar-refractivity contribution in [2.75, 3.05) is 26.1 Å². The third-order valence-electron chi connectivity index (χ3n) is 3.33. The Kier molecular flexibility index (Phi) is 4.81. The van der Waals surface area contributed by atoms with Gasteiger partial charge in [-0.2, -0.15) is 0 Å². The van der Waals surface area contributed by atoms with Gasteiger partial charge in [-0.05, 0) is 25.0 Å². The number of hydrogen-bond donors (Lipinski definition) is 2. The van der Waals surface area contributed by atoms with Crippen molar-refractivity contribution in [3.05, 3.63) is 18.2 Å². The van der Waals surface area contributed by atoms with E-state index < -0.39 is 6.10 Å². The summed E-state index contributed by atoms with van der Waals surface area (Å²) in [7, 11) is 3.12. The number of methoxy groups -OCH3 is 2. The second-order valence-electron chi connectivity index (χ2n) is 4.62. The summed E-state index contributed by atoms with van der Waals surface area (Å²) >= 11 is 0. The SMILES string of the molecule is COc1ccc(OC)c(NC(=O)C2CCC(CN)O2)c1. The lowest BCUT2D eigenvalue weighted by atomic mass is 10.2. The van der Waals surface area contributed by atoms with Crippen LogP contribution >= 0.6 is 0 Å². The zero-order valence-electron chi connectivity index (χ0n) is 11.7. The standard InChI is InChI=1S/C14H20N2O4/c1-18-9-3-5-12(19-2)11(7-9)16-14(17)13-6-4-10(8-15)20-13/h3,5,7,10,13H,4,6,8,15H2,1-2H3,(H,16,17). The molecule has 2 unspecified atom stereocenters. The van der Waals surface area contributed by atoms with E-state index in [-0.39, 0.29) is 12.0 Å². The largest absolute Gasteiger partial charge is 0.497 e. The summed E-state index contributed by atoms with van der Waals surface area (Å²) < 4.78 is 15.9. The van der Waals surface area contributed by atoms with Crippen molar-refractivity contribution in [3.63, 3.8) is 0 Å². The molecular formula is C14H20N2O4. The van der Waals surface area contributed by atoms with Crippen molar-refractivity contribution in [2.45, 2.75) is 25.0 Å². The van der Waals surface area contributed by atoms with Crippen LogP contribution in [0.15, 0.2) is 18.2 Å². The first-order chi connectivity index (χ1) is 9.67. The summed E-state index contributed by atoms with van der Waals surface area (Å²) in [4.78, 5) is 12.2. The second-order valence-corrected chi connectivity index (χ2v) is 4.62. The summed E-state index contributed by atoms with van der Waals surface area (Å²) in [6.07, 6.45) is 1.00. The summed E-state index contributed by atoms with van der Waals surface area (Å²) in [6, 6.07) is 5.23. The number of anilines is 1. The average Bonchev–Trinajstić information content (AvgIpc) is 2.96. The molecule has 0 saturated carbocycles. The number of carbonyl (C=O) groups is 1. The molecule has 0 radical (unpaired) electrons. The molecule has 6 heteroatoms. The van der Waals surface area contributed by atoms with Gasteiger partial charge >= 0.3 is 0 Å². The first-order valence-corrected chi connectivity index (χ1v) is 6.56. The van der Waals surface area contributed by atoms with Gasteiger partial charge in [-0.15, -0.1) is 0 Å². The highest BCUT2D eigenvalue weighted by atomic mass is 16.5. The number of ether oxygens (including phenoxy) is 3. The fraction of sp³-hybridized carbons (Fsp3) is 0.500. The third kappa shape index (κ3) is 3.20. The first-order valence-electron chi connectivity index (χ1n) is 6.56. The van der Waals surface area contributed by atoms with Crippen LogP contribution in [0.4, 0.5) is 5.69 Å². The van der Waals surface area contributed by atoms with Crippen molar-refractivity contribution in [2.24, 2.45) is 5.73 Å². The molecule has 1 saturated heterocycles. The van der Waals surface area contributed by atoms with Gasteiger partial charge in [-0.1, -0.05) is 0 Å². The van der Waals surface area contributed by atoms with Crippen LogP contribution in [0, 0.1) is 0 Å². The van der Waals surface area contributed by atoms with Gasteiger partial charge in [0.05, 0.1) is 26.0 Å². The maximum Gasteiger partial charge on any atom is 0.253 e. The fourth-order valence-corrected chi connectivity index (χ4v) is 2.20. The van der Waals surface area contributed by atoms with Crippen LogP contribution in [0.2, 0.25) is 0 Å². The molecule has 0 bridgehead atoms. The maximum atomic E-state index is 12.2. The van der Waals surface area contributed by atoms with Crippen molar-refractivity contribution in [1.82, 2.24) is 0 Å². The van der Waals surface area contributed by atoms with E-state index in [9.17, 15) is 4.79 Å². The van der Waals surface area contributed by atoms with E-state index in [1.54, 1.807) is 32.4 Å². The van der Waals surface area contributed by atoms with E-state index in [1.807, 2.05) is 0 Å². The minimum atomic E-state index is -0.459. The molecule has 1 aliphatic rings. The summed E-state index contributed by atoms with van der Waals surface area (Å²) in [5.74, 6) is 1.04. The number of nitrogens with one attached hydrogen (secondary N) is 1. The molecule has 6 nitrogen and oxygen atoms in total. The topological polar surface area (TPSA) is 82.8 Å². The van der Waals surface area contributed by atoms with Crippen LogP contribution in [0.1, 0.15) is 12.8 Å². The van der Waals surface area contributed by atoms with E-state index >= 15 is 0 Å². The molecule has 20 heavy (non-hydrogen) atoms. The van der Waals surface area contributed by atoms with Crippen molar-refractivity contribution in [1.29, 1.82) is 0 Å². The molecule has 1 aliphatic heterocycles. The predicted molar refractivity (Wildman–Crippen MR) is 75.1 cm³/mol. The van der Waals surface area contributed by atoms with Crippen LogP contribution < -0.4 is 20.5 Å². The van der Waals surface area contributed by atoms with E-state index in [1.165, 1.54) is 0 Å². The van der Waals surface area contributed by atoms with E-state index in [2.05, 4.69) is 5.32 Å². The van der Waals surface area contributed by atoms with Gasteiger partial charge < -0.3 is 25.3 Å². The smallest absolute Gasteiger partial charge is 0.253 e. The molecule has 2 rings (SSSR count). The van der Waals surface area contributed by atoms with Gasteiger partial charge in [0.1, 0.15) is 17.6 Å². The van der Waals surface area contributed by atoms with E-state index in [0.717, 1.165) is 6.42 Å². The number of benzene rings is 1. The summed E-state index contributed by atoms with van der Waals surface area (Å²) in [5.41, 5.74) is 6.11. The minimum absolute atomic E-state index is 0.0297. The van der Waals surface area contributed by atoms with Gasteiger partial charge in [-0.25, -0.2) is 0 Å². The van der Waals surface area contributed by atoms with Crippen LogP contribution in [-0.4, -0.2) is 38.9 Å². The average molecular weight is 280 g/mol. The second kappa shape index (κ2) is 6.58. The Balaban J connectivity index is 2.07. The molecule has 0 aliphatic carbocycles. The molecule has 1 aromatic rings. The highest BCUT2D eigenvalue weighted by molar-refractivity contribution is 5.95. The molecule has 3 N–H and O–H groups in total. The summed E-state index contributed by atoms with van der Waals surface area (Å²) in [5, 5.41) is 2.81. The van der Waals surface area contributed by atoms with Crippen molar-refractivity contribution >= 4 is 11.6 Å². The van der Waals surface area contributed by atoms with Crippen molar-refractivity contribution in [3.8, 4) is 11.5 Å².